The summed E-state index contributed by atoms with van der Waals surface area (Å²) in [4.78, 5) is 2.22. The van der Waals surface area contributed by atoms with E-state index in [-0.39, 0.29) is 9.92 Å². The summed E-state index contributed by atoms with van der Waals surface area (Å²) in [5.74, 6) is 2.57. The number of sulfonamides is 1. The fraction of sp³-hybridized carbons (Fsp3) is 0.385. The molecule has 1 aromatic carbocycles. The quantitative estimate of drug-likeness (QED) is 0.789. The van der Waals surface area contributed by atoms with Gasteiger partial charge in [0.1, 0.15) is 4.90 Å². The molecule has 0 atom stereocenters. The van der Waals surface area contributed by atoms with Crippen LogP contribution in [0.2, 0.25) is 5.02 Å². The van der Waals surface area contributed by atoms with Gasteiger partial charge in [-0.25, -0.2) is 8.42 Å². The highest BCUT2D eigenvalue weighted by molar-refractivity contribution is 7.89. The summed E-state index contributed by atoms with van der Waals surface area (Å²) >= 11 is 5.96. The van der Waals surface area contributed by atoms with Gasteiger partial charge in [0.25, 0.3) is 0 Å². The van der Waals surface area contributed by atoms with Crippen molar-refractivity contribution >= 4 is 21.6 Å². The van der Waals surface area contributed by atoms with Gasteiger partial charge in [0, 0.05) is 26.2 Å². The molecule has 2 rings (SSSR count). The summed E-state index contributed by atoms with van der Waals surface area (Å²) < 4.78 is 26.4. The molecule has 1 aliphatic rings. The first-order chi connectivity index (χ1) is 9.05. The minimum absolute atomic E-state index is 0.169. The lowest BCUT2D eigenvalue weighted by atomic mass is 10.3. The zero-order valence-corrected chi connectivity index (χ0v) is 12.0. The van der Waals surface area contributed by atoms with Crippen LogP contribution in [0.5, 0.6) is 0 Å². The maximum Gasteiger partial charge on any atom is 0.244 e. The van der Waals surface area contributed by atoms with Crippen LogP contribution in [0.3, 0.4) is 0 Å². The van der Waals surface area contributed by atoms with Crippen LogP contribution in [0.15, 0.2) is 29.2 Å². The van der Waals surface area contributed by atoms with E-state index in [1.165, 1.54) is 10.4 Å². The molecule has 0 saturated carbocycles. The molecule has 19 heavy (non-hydrogen) atoms. The summed E-state index contributed by atoms with van der Waals surface area (Å²) in [6, 6.07) is 6.51. The zero-order chi connectivity index (χ0) is 13.9. The Kier molecular flexibility index (Phi) is 4.48. The third kappa shape index (κ3) is 3.10. The predicted octanol–water partition coefficient (Wildman–Crippen LogP) is 1.28. The molecule has 1 saturated heterocycles. The van der Waals surface area contributed by atoms with Crippen molar-refractivity contribution in [3.8, 4) is 12.3 Å². The standard InChI is InChI=1S/C13H15ClN2O2S/c1-2-7-15-8-10-16(11-9-15)19(17,18)13-6-4-3-5-12(13)14/h1,3-6H,7-11H2. The topological polar surface area (TPSA) is 40.6 Å². The lowest BCUT2D eigenvalue weighted by Crippen LogP contribution is -2.48. The van der Waals surface area contributed by atoms with Crippen molar-refractivity contribution in [1.29, 1.82) is 0 Å². The molecule has 0 bridgehead atoms. The number of benzene rings is 1. The van der Waals surface area contributed by atoms with Crippen LogP contribution in [0, 0.1) is 12.3 Å². The normalized spacial score (nSPS) is 18.1. The summed E-state index contributed by atoms with van der Waals surface area (Å²) in [7, 11) is -3.51. The second-order valence-corrected chi connectivity index (χ2v) is 6.63. The number of halogens is 1. The monoisotopic (exact) mass is 298 g/mol. The number of nitrogens with zero attached hydrogens (tertiary/aromatic N) is 2. The van der Waals surface area contributed by atoms with E-state index in [2.05, 4.69) is 10.8 Å². The Bertz CT molecular complexity index is 587. The Labute approximate surface area is 119 Å². The van der Waals surface area contributed by atoms with E-state index in [1.54, 1.807) is 18.2 Å². The first-order valence-corrected chi connectivity index (χ1v) is 7.78. The maximum atomic E-state index is 12.5. The van der Waals surface area contributed by atoms with E-state index >= 15 is 0 Å². The van der Waals surface area contributed by atoms with Crippen LogP contribution in [-0.4, -0.2) is 50.3 Å². The van der Waals surface area contributed by atoms with E-state index in [0.717, 1.165) is 0 Å². The van der Waals surface area contributed by atoms with Gasteiger partial charge in [0.15, 0.2) is 0 Å². The van der Waals surface area contributed by atoms with Gasteiger partial charge in [-0.15, -0.1) is 6.42 Å². The SMILES string of the molecule is C#CCN1CCN(S(=O)(=O)c2ccccc2Cl)CC1. The minimum atomic E-state index is -3.51. The number of rotatable bonds is 3. The molecule has 0 aliphatic carbocycles. The highest BCUT2D eigenvalue weighted by atomic mass is 35.5. The highest BCUT2D eigenvalue weighted by Gasteiger charge is 2.29. The van der Waals surface area contributed by atoms with Gasteiger partial charge in [0.2, 0.25) is 10.0 Å². The molecule has 0 aromatic heterocycles. The molecule has 0 amide bonds. The minimum Gasteiger partial charge on any atom is -0.290 e. The van der Waals surface area contributed by atoms with Crippen molar-refractivity contribution in [3.63, 3.8) is 0 Å². The third-order valence-electron chi connectivity index (χ3n) is 3.10. The van der Waals surface area contributed by atoms with Gasteiger partial charge in [-0.1, -0.05) is 29.7 Å². The van der Waals surface area contributed by atoms with Gasteiger partial charge in [-0.05, 0) is 12.1 Å². The molecule has 0 radical (unpaired) electrons. The molecule has 1 aromatic rings. The van der Waals surface area contributed by atoms with Crippen LogP contribution >= 0.6 is 11.6 Å². The lowest BCUT2D eigenvalue weighted by Gasteiger charge is -2.33. The van der Waals surface area contributed by atoms with Crippen LogP contribution < -0.4 is 0 Å². The molecule has 0 unspecified atom stereocenters. The van der Waals surface area contributed by atoms with E-state index < -0.39 is 10.0 Å². The smallest absolute Gasteiger partial charge is 0.244 e. The molecule has 4 nitrogen and oxygen atoms in total. The van der Waals surface area contributed by atoms with Crippen LogP contribution in [0.4, 0.5) is 0 Å². The van der Waals surface area contributed by atoms with Crippen molar-refractivity contribution in [1.82, 2.24) is 9.21 Å². The number of hydrogen-bond acceptors (Lipinski definition) is 3. The number of terminal acetylenes is 1. The molecular weight excluding hydrogens is 284 g/mol. The first kappa shape index (κ1) is 14.4. The molecule has 1 fully saturated rings. The van der Waals surface area contributed by atoms with E-state index in [9.17, 15) is 8.42 Å². The number of hydrogen-bond donors (Lipinski definition) is 0. The summed E-state index contributed by atoms with van der Waals surface area (Å²) in [5.41, 5.74) is 0. The summed E-state index contributed by atoms with van der Waals surface area (Å²) in [5, 5.41) is 0.258. The molecule has 0 N–H and O–H groups in total. The van der Waals surface area contributed by atoms with Crippen molar-refractivity contribution in [2.75, 3.05) is 32.7 Å². The van der Waals surface area contributed by atoms with Crippen LogP contribution in [-0.2, 0) is 10.0 Å². The van der Waals surface area contributed by atoms with E-state index in [4.69, 9.17) is 18.0 Å². The molecular formula is C13H15ClN2O2S. The Morgan fingerprint density at radius 1 is 1.21 bits per heavy atom. The van der Waals surface area contributed by atoms with Gasteiger partial charge in [-0.3, -0.25) is 4.90 Å². The summed E-state index contributed by atoms with van der Waals surface area (Å²) in [6.45, 7) is 2.73. The Balaban J connectivity index is 2.15. The molecule has 1 aliphatic heterocycles. The molecule has 102 valence electrons. The van der Waals surface area contributed by atoms with E-state index in [1.807, 2.05) is 0 Å². The number of piperazine rings is 1. The van der Waals surface area contributed by atoms with Crippen molar-refractivity contribution in [3.05, 3.63) is 29.3 Å². The Morgan fingerprint density at radius 3 is 2.42 bits per heavy atom. The Morgan fingerprint density at radius 2 is 1.84 bits per heavy atom. The maximum absolute atomic E-state index is 12.5. The van der Waals surface area contributed by atoms with Crippen molar-refractivity contribution in [2.24, 2.45) is 0 Å². The average molecular weight is 299 g/mol. The van der Waals surface area contributed by atoms with E-state index in [0.29, 0.717) is 32.7 Å². The predicted molar refractivity (Wildman–Crippen MR) is 75.5 cm³/mol. The second kappa shape index (κ2) is 5.93. The van der Waals surface area contributed by atoms with Gasteiger partial charge >= 0.3 is 0 Å². The average Bonchev–Trinajstić information content (AvgIpc) is 2.40. The molecule has 1 heterocycles. The third-order valence-corrected chi connectivity index (χ3v) is 5.50. The summed E-state index contributed by atoms with van der Waals surface area (Å²) in [6.07, 6.45) is 5.25. The Hall–Kier alpha value is -1.06. The first-order valence-electron chi connectivity index (χ1n) is 5.96. The van der Waals surface area contributed by atoms with Gasteiger partial charge in [0.05, 0.1) is 11.6 Å². The highest BCUT2D eigenvalue weighted by Crippen LogP contribution is 2.24. The fourth-order valence-electron chi connectivity index (χ4n) is 2.05. The lowest BCUT2D eigenvalue weighted by molar-refractivity contribution is 0.207. The zero-order valence-electron chi connectivity index (χ0n) is 10.4. The molecule has 6 heteroatoms. The fourth-order valence-corrected chi connectivity index (χ4v) is 3.97. The van der Waals surface area contributed by atoms with Crippen LogP contribution in [0.1, 0.15) is 0 Å². The van der Waals surface area contributed by atoms with Crippen molar-refractivity contribution in [2.45, 2.75) is 4.90 Å². The van der Waals surface area contributed by atoms with Gasteiger partial charge in [-0.2, -0.15) is 4.31 Å². The van der Waals surface area contributed by atoms with Gasteiger partial charge < -0.3 is 0 Å². The second-order valence-electron chi connectivity index (χ2n) is 4.31. The largest absolute Gasteiger partial charge is 0.290 e. The van der Waals surface area contributed by atoms with Crippen LogP contribution in [0.25, 0.3) is 0 Å². The van der Waals surface area contributed by atoms with Crippen molar-refractivity contribution < 1.29 is 8.42 Å². The molecule has 0 spiro atoms.